The van der Waals surface area contributed by atoms with E-state index in [0.717, 1.165) is 32.4 Å². The van der Waals surface area contributed by atoms with Crippen LogP contribution >= 0.6 is 0 Å². The zero-order valence-electron chi connectivity index (χ0n) is 13.9. The minimum Gasteiger partial charge on any atom is -0.341 e. The Bertz CT molecular complexity index is 337. The van der Waals surface area contributed by atoms with Gasteiger partial charge in [-0.15, -0.1) is 0 Å². The van der Waals surface area contributed by atoms with Crippen LogP contribution in [0.1, 0.15) is 58.8 Å². The molecule has 21 heavy (non-hydrogen) atoms. The van der Waals surface area contributed by atoms with E-state index in [-0.39, 0.29) is 5.41 Å². The molecule has 2 saturated heterocycles. The second-order valence-electron chi connectivity index (χ2n) is 7.58. The number of likely N-dealkylation sites (tertiary alicyclic amines) is 2. The van der Waals surface area contributed by atoms with Crippen LogP contribution in [0.2, 0.25) is 0 Å². The van der Waals surface area contributed by atoms with Crippen molar-refractivity contribution in [1.29, 1.82) is 0 Å². The predicted octanol–water partition coefficient (Wildman–Crippen LogP) is 2.23. The molecule has 0 aromatic carbocycles. The van der Waals surface area contributed by atoms with Crippen LogP contribution in [0, 0.1) is 5.41 Å². The van der Waals surface area contributed by atoms with Gasteiger partial charge in [0, 0.05) is 25.6 Å². The molecule has 2 aliphatic heterocycles. The summed E-state index contributed by atoms with van der Waals surface area (Å²) in [6.45, 7) is 9.52. The van der Waals surface area contributed by atoms with Gasteiger partial charge in [0.1, 0.15) is 0 Å². The summed E-state index contributed by atoms with van der Waals surface area (Å²) in [5.74, 6) is 0.347. The van der Waals surface area contributed by atoms with Crippen LogP contribution in [0.4, 0.5) is 0 Å². The lowest BCUT2D eigenvalue weighted by Crippen LogP contribution is -2.41. The number of carbonyl (C=O) groups excluding carboxylic acids is 1. The maximum absolute atomic E-state index is 12.4. The van der Waals surface area contributed by atoms with Gasteiger partial charge in [-0.05, 0) is 57.2 Å². The minimum absolute atomic E-state index is 0.191. The molecule has 4 nitrogen and oxygen atoms in total. The highest BCUT2D eigenvalue weighted by molar-refractivity contribution is 5.76. The lowest BCUT2D eigenvalue weighted by Gasteiger charge is -2.32. The molecule has 0 bridgehead atoms. The van der Waals surface area contributed by atoms with E-state index in [4.69, 9.17) is 5.73 Å². The molecule has 0 aromatic rings. The minimum atomic E-state index is 0.191. The standard InChI is InChI=1S/C17H33N3O/c1-17(2,9-10-18)8-6-16(21)20-13-7-15(14-20)19-11-4-3-5-12-19/h15H,3-14,18H2,1-2H3. The number of piperidine rings is 1. The summed E-state index contributed by atoms with van der Waals surface area (Å²) in [4.78, 5) is 17.1. The highest BCUT2D eigenvalue weighted by atomic mass is 16.2. The fourth-order valence-corrected chi connectivity index (χ4v) is 3.67. The lowest BCUT2D eigenvalue weighted by molar-refractivity contribution is -0.131. The number of hydrogen-bond donors (Lipinski definition) is 1. The molecule has 2 heterocycles. The van der Waals surface area contributed by atoms with Gasteiger partial charge in [-0.2, -0.15) is 0 Å². The number of nitrogens with two attached hydrogens (primary N) is 1. The van der Waals surface area contributed by atoms with Crippen LogP contribution in [-0.4, -0.2) is 54.5 Å². The van der Waals surface area contributed by atoms with Gasteiger partial charge in [-0.25, -0.2) is 0 Å². The Morgan fingerprint density at radius 1 is 1.14 bits per heavy atom. The average molecular weight is 295 g/mol. The van der Waals surface area contributed by atoms with Crippen molar-refractivity contribution in [3.63, 3.8) is 0 Å². The molecule has 0 aliphatic carbocycles. The summed E-state index contributed by atoms with van der Waals surface area (Å²) in [6.07, 6.45) is 7.83. The van der Waals surface area contributed by atoms with Gasteiger partial charge in [-0.1, -0.05) is 20.3 Å². The Morgan fingerprint density at radius 2 is 1.86 bits per heavy atom. The van der Waals surface area contributed by atoms with E-state index < -0.39 is 0 Å². The summed E-state index contributed by atoms with van der Waals surface area (Å²) in [5.41, 5.74) is 5.83. The topological polar surface area (TPSA) is 49.6 Å². The van der Waals surface area contributed by atoms with Crippen molar-refractivity contribution >= 4 is 5.91 Å². The summed E-state index contributed by atoms with van der Waals surface area (Å²) >= 11 is 0. The molecular weight excluding hydrogens is 262 g/mol. The molecule has 2 N–H and O–H groups in total. The number of amides is 1. The predicted molar refractivity (Wildman–Crippen MR) is 87.1 cm³/mol. The van der Waals surface area contributed by atoms with Gasteiger partial charge < -0.3 is 10.6 Å². The van der Waals surface area contributed by atoms with Gasteiger partial charge in [0.05, 0.1) is 0 Å². The van der Waals surface area contributed by atoms with Crippen LogP contribution in [0.15, 0.2) is 0 Å². The van der Waals surface area contributed by atoms with Crippen molar-refractivity contribution in [3.05, 3.63) is 0 Å². The summed E-state index contributed by atoms with van der Waals surface area (Å²) in [6, 6.07) is 0.617. The van der Waals surface area contributed by atoms with Gasteiger partial charge in [0.25, 0.3) is 0 Å². The van der Waals surface area contributed by atoms with Gasteiger partial charge in [0.2, 0.25) is 5.91 Å². The molecule has 2 rings (SSSR count). The molecule has 0 radical (unpaired) electrons. The van der Waals surface area contributed by atoms with Crippen LogP contribution in [0.3, 0.4) is 0 Å². The fourth-order valence-electron chi connectivity index (χ4n) is 3.67. The van der Waals surface area contributed by atoms with Crippen molar-refractivity contribution in [2.24, 2.45) is 11.1 Å². The quantitative estimate of drug-likeness (QED) is 0.817. The first kappa shape index (κ1) is 16.8. The zero-order chi connectivity index (χ0) is 15.3. The van der Waals surface area contributed by atoms with Crippen LogP contribution in [0.5, 0.6) is 0 Å². The highest BCUT2D eigenvalue weighted by Gasteiger charge is 2.31. The highest BCUT2D eigenvalue weighted by Crippen LogP contribution is 2.27. The van der Waals surface area contributed by atoms with E-state index in [9.17, 15) is 4.79 Å². The number of hydrogen-bond acceptors (Lipinski definition) is 3. The molecule has 4 heteroatoms. The Kier molecular flexibility index (Phi) is 6.06. The normalized spacial score (nSPS) is 24.5. The molecule has 2 aliphatic rings. The van der Waals surface area contributed by atoms with Gasteiger partial charge >= 0.3 is 0 Å². The van der Waals surface area contributed by atoms with Crippen LogP contribution in [0.25, 0.3) is 0 Å². The molecule has 0 aromatic heterocycles. The average Bonchev–Trinajstić information content (AvgIpc) is 2.96. The SMILES string of the molecule is CC(C)(CCN)CCC(=O)N1CCC(N2CCCCC2)C1. The molecule has 122 valence electrons. The van der Waals surface area contributed by atoms with E-state index in [1.54, 1.807) is 0 Å². The second-order valence-corrected chi connectivity index (χ2v) is 7.58. The molecule has 0 spiro atoms. The summed E-state index contributed by atoms with van der Waals surface area (Å²) < 4.78 is 0. The molecule has 1 unspecified atom stereocenters. The monoisotopic (exact) mass is 295 g/mol. The molecule has 2 fully saturated rings. The lowest BCUT2D eigenvalue weighted by atomic mass is 9.84. The van der Waals surface area contributed by atoms with Crippen molar-refractivity contribution in [1.82, 2.24) is 9.80 Å². The second kappa shape index (κ2) is 7.59. The third-order valence-electron chi connectivity index (χ3n) is 5.26. The number of carbonyl (C=O) groups is 1. The first-order valence-electron chi connectivity index (χ1n) is 8.74. The maximum atomic E-state index is 12.4. The number of rotatable bonds is 6. The Labute approximate surface area is 130 Å². The molecular formula is C17H33N3O. The Morgan fingerprint density at radius 3 is 2.52 bits per heavy atom. The summed E-state index contributed by atoms with van der Waals surface area (Å²) in [7, 11) is 0. The van der Waals surface area contributed by atoms with Crippen molar-refractivity contribution in [3.8, 4) is 0 Å². The van der Waals surface area contributed by atoms with Crippen LogP contribution in [-0.2, 0) is 4.79 Å². The van der Waals surface area contributed by atoms with E-state index in [0.29, 0.717) is 24.9 Å². The van der Waals surface area contributed by atoms with Gasteiger partial charge in [-0.3, -0.25) is 9.69 Å². The summed E-state index contributed by atoms with van der Waals surface area (Å²) in [5, 5.41) is 0. The third-order valence-corrected chi connectivity index (χ3v) is 5.26. The first-order valence-corrected chi connectivity index (χ1v) is 8.74. The van der Waals surface area contributed by atoms with Gasteiger partial charge in [0.15, 0.2) is 0 Å². The largest absolute Gasteiger partial charge is 0.341 e. The number of nitrogens with zero attached hydrogens (tertiary/aromatic N) is 2. The van der Waals surface area contributed by atoms with E-state index in [1.165, 1.54) is 32.4 Å². The van der Waals surface area contributed by atoms with Crippen molar-refractivity contribution < 1.29 is 4.79 Å². The zero-order valence-corrected chi connectivity index (χ0v) is 13.9. The Hall–Kier alpha value is -0.610. The Balaban J connectivity index is 1.74. The molecule has 1 atom stereocenters. The van der Waals surface area contributed by atoms with E-state index in [1.807, 2.05) is 0 Å². The maximum Gasteiger partial charge on any atom is 0.222 e. The van der Waals surface area contributed by atoms with E-state index in [2.05, 4.69) is 23.6 Å². The smallest absolute Gasteiger partial charge is 0.222 e. The molecule has 0 saturated carbocycles. The van der Waals surface area contributed by atoms with E-state index >= 15 is 0 Å². The first-order chi connectivity index (χ1) is 10.0. The fraction of sp³-hybridized carbons (Fsp3) is 0.941. The van der Waals surface area contributed by atoms with Crippen LogP contribution < -0.4 is 5.73 Å². The van der Waals surface area contributed by atoms with Crippen molar-refractivity contribution in [2.45, 2.75) is 64.8 Å². The van der Waals surface area contributed by atoms with Crippen molar-refractivity contribution in [2.75, 3.05) is 32.7 Å². The molecule has 1 amide bonds. The third kappa shape index (κ3) is 4.96.